The van der Waals surface area contributed by atoms with E-state index in [9.17, 15) is 0 Å². The molecule has 1 nitrogen and oxygen atoms in total. The van der Waals surface area contributed by atoms with Gasteiger partial charge in [-0.1, -0.05) is 42.5 Å². The van der Waals surface area contributed by atoms with Crippen LogP contribution in [0.15, 0.2) is 42.5 Å². The van der Waals surface area contributed by atoms with Gasteiger partial charge >= 0.3 is 0 Å². The average molecular weight is 225 g/mol. The summed E-state index contributed by atoms with van der Waals surface area (Å²) in [4.78, 5) is 0. The Morgan fingerprint density at radius 1 is 0.882 bits per heavy atom. The Morgan fingerprint density at radius 3 is 2.35 bits per heavy atom. The summed E-state index contributed by atoms with van der Waals surface area (Å²) in [5.41, 5.74) is 12.1. The van der Waals surface area contributed by atoms with Gasteiger partial charge in [-0.15, -0.1) is 0 Å². The third kappa shape index (κ3) is 2.75. The van der Waals surface area contributed by atoms with Gasteiger partial charge in [0.05, 0.1) is 0 Å². The number of benzene rings is 2. The van der Waals surface area contributed by atoms with Gasteiger partial charge in [-0.05, 0) is 54.6 Å². The van der Waals surface area contributed by atoms with E-state index in [0.717, 1.165) is 6.42 Å². The molecule has 0 unspecified atom stereocenters. The zero-order chi connectivity index (χ0) is 12.3. The van der Waals surface area contributed by atoms with Crippen molar-refractivity contribution in [2.24, 2.45) is 5.73 Å². The van der Waals surface area contributed by atoms with Crippen LogP contribution in [0.2, 0.25) is 0 Å². The fourth-order valence-electron chi connectivity index (χ4n) is 1.99. The third-order valence-corrected chi connectivity index (χ3v) is 3.20. The smallest absolute Gasteiger partial charge is 0.00367 e. The molecule has 2 aromatic rings. The van der Waals surface area contributed by atoms with E-state index < -0.39 is 0 Å². The minimum absolute atomic E-state index is 0.705. The van der Waals surface area contributed by atoms with E-state index in [-0.39, 0.29) is 0 Å². The molecule has 0 heterocycles. The minimum atomic E-state index is 0.705. The summed E-state index contributed by atoms with van der Waals surface area (Å²) in [6.07, 6.45) is 0.943. The van der Waals surface area contributed by atoms with E-state index in [1.54, 1.807) is 0 Å². The molecule has 0 saturated carbocycles. The summed E-state index contributed by atoms with van der Waals surface area (Å²) in [5, 5.41) is 0. The number of aryl methyl sites for hydroxylation is 2. The highest BCUT2D eigenvalue weighted by molar-refractivity contribution is 5.65. The first-order valence-corrected chi connectivity index (χ1v) is 6.07. The van der Waals surface area contributed by atoms with Crippen LogP contribution >= 0.6 is 0 Å². The lowest BCUT2D eigenvalue weighted by Crippen LogP contribution is -2.02. The van der Waals surface area contributed by atoms with Crippen molar-refractivity contribution in [2.45, 2.75) is 20.3 Å². The summed E-state index contributed by atoms with van der Waals surface area (Å²) >= 11 is 0. The van der Waals surface area contributed by atoms with Gasteiger partial charge < -0.3 is 5.73 Å². The molecule has 1 heteroatoms. The zero-order valence-electron chi connectivity index (χ0n) is 10.5. The fraction of sp³-hybridized carbons (Fsp3) is 0.250. The lowest BCUT2D eigenvalue weighted by Gasteiger charge is -2.07. The van der Waals surface area contributed by atoms with Gasteiger partial charge in [0.25, 0.3) is 0 Å². The van der Waals surface area contributed by atoms with Crippen LogP contribution in [-0.2, 0) is 6.42 Å². The summed E-state index contributed by atoms with van der Waals surface area (Å²) < 4.78 is 0. The standard InChI is InChI=1S/C16H19N/c1-12-6-7-16(10-13(12)2)15-5-3-4-14(11-15)8-9-17/h3-7,10-11H,8-9,17H2,1-2H3. The molecule has 0 aliphatic rings. The van der Waals surface area contributed by atoms with Crippen molar-refractivity contribution in [1.82, 2.24) is 0 Å². The number of hydrogen-bond acceptors (Lipinski definition) is 1. The molecule has 2 aromatic carbocycles. The molecular weight excluding hydrogens is 206 g/mol. The Balaban J connectivity index is 2.38. The molecule has 0 aliphatic heterocycles. The van der Waals surface area contributed by atoms with E-state index in [1.807, 2.05) is 0 Å². The SMILES string of the molecule is Cc1ccc(-c2cccc(CCN)c2)cc1C. The monoisotopic (exact) mass is 225 g/mol. The molecule has 0 aromatic heterocycles. The maximum absolute atomic E-state index is 5.59. The average Bonchev–Trinajstić information content (AvgIpc) is 2.33. The van der Waals surface area contributed by atoms with E-state index in [1.165, 1.54) is 27.8 Å². The summed E-state index contributed by atoms with van der Waals surface area (Å²) in [7, 11) is 0. The first-order valence-electron chi connectivity index (χ1n) is 6.07. The zero-order valence-corrected chi connectivity index (χ0v) is 10.5. The van der Waals surface area contributed by atoms with Crippen molar-refractivity contribution in [3.05, 3.63) is 59.2 Å². The predicted octanol–water partition coefficient (Wildman–Crippen LogP) is 3.47. The number of nitrogens with two attached hydrogens (primary N) is 1. The highest BCUT2D eigenvalue weighted by Gasteiger charge is 2.01. The van der Waals surface area contributed by atoms with Gasteiger partial charge in [-0.2, -0.15) is 0 Å². The largest absolute Gasteiger partial charge is 0.330 e. The van der Waals surface area contributed by atoms with Crippen LogP contribution in [0.3, 0.4) is 0 Å². The van der Waals surface area contributed by atoms with Gasteiger partial charge in [-0.25, -0.2) is 0 Å². The first kappa shape index (κ1) is 11.9. The number of hydrogen-bond donors (Lipinski definition) is 1. The molecule has 0 fully saturated rings. The topological polar surface area (TPSA) is 26.0 Å². The van der Waals surface area contributed by atoms with Crippen LogP contribution in [0.25, 0.3) is 11.1 Å². The van der Waals surface area contributed by atoms with Crippen LogP contribution in [0, 0.1) is 13.8 Å². The fourth-order valence-corrected chi connectivity index (χ4v) is 1.99. The molecule has 0 amide bonds. The van der Waals surface area contributed by atoms with Gasteiger partial charge in [0.1, 0.15) is 0 Å². The molecule has 0 radical (unpaired) electrons. The molecule has 0 bridgehead atoms. The van der Waals surface area contributed by atoms with Gasteiger partial charge in [-0.3, -0.25) is 0 Å². The molecule has 0 spiro atoms. The van der Waals surface area contributed by atoms with Gasteiger partial charge in [0, 0.05) is 0 Å². The van der Waals surface area contributed by atoms with Crippen molar-refractivity contribution >= 4 is 0 Å². The summed E-state index contributed by atoms with van der Waals surface area (Å²) in [6, 6.07) is 15.2. The lowest BCUT2D eigenvalue weighted by atomic mass is 9.98. The van der Waals surface area contributed by atoms with Crippen molar-refractivity contribution in [3.8, 4) is 11.1 Å². The lowest BCUT2D eigenvalue weighted by molar-refractivity contribution is 0.969. The van der Waals surface area contributed by atoms with Crippen LogP contribution in [0.4, 0.5) is 0 Å². The van der Waals surface area contributed by atoms with E-state index in [2.05, 4.69) is 56.3 Å². The van der Waals surface area contributed by atoms with Crippen LogP contribution in [0.5, 0.6) is 0 Å². The second kappa shape index (κ2) is 5.15. The first-order chi connectivity index (χ1) is 8.20. The molecule has 17 heavy (non-hydrogen) atoms. The molecule has 0 aliphatic carbocycles. The Morgan fingerprint density at radius 2 is 1.65 bits per heavy atom. The molecule has 2 N–H and O–H groups in total. The van der Waals surface area contributed by atoms with Crippen molar-refractivity contribution < 1.29 is 0 Å². The maximum Gasteiger partial charge on any atom is -0.00367 e. The normalized spacial score (nSPS) is 10.5. The van der Waals surface area contributed by atoms with Crippen LogP contribution in [-0.4, -0.2) is 6.54 Å². The van der Waals surface area contributed by atoms with E-state index in [4.69, 9.17) is 5.73 Å². The highest BCUT2D eigenvalue weighted by atomic mass is 14.5. The predicted molar refractivity (Wildman–Crippen MR) is 74.1 cm³/mol. The Kier molecular flexibility index (Phi) is 3.60. The van der Waals surface area contributed by atoms with Gasteiger partial charge in [0.15, 0.2) is 0 Å². The highest BCUT2D eigenvalue weighted by Crippen LogP contribution is 2.23. The second-order valence-electron chi connectivity index (χ2n) is 4.54. The molecular formula is C16H19N. The molecule has 0 saturated heterocycles. The Bertz CT molecular complexity index is 515. The van der Waals surface area contributed by atoms with Gasteiger partial charge in [0.2, 0.25) is 0 Å². The Hall–Kier alpha value is -1.60. The van der Waals surface area contributed by atoms with Crippen molar-refractivity contribution in [2.75, 3.05) is 6.54 Å². The summed E-state index contributed by atoms with van der Waals surface area (Å²) in [6.45, 7) is 5.00. The van der Waals surface area contributed by atoms with Crippen molar-refractivity contribution in [3.63, 3.8) is 0 Å². The molecule has 0 atom stereocenters. The molecule has 2 rings (SSSR count). The molecule has 88 valence electrons. The minimum Gasteiger partial charge on any atom is -0.330 e. The third-order valence-electron chi connectivity index (χ3n) is 3.20. The van der Waals surface area contributed by atoms with Crippen LogP contribution in [0.1, 0.15) is 16.7 Å². The van der Waals surface area contributed by atoms with Crippen LogP contribution < -0.4 is 5.73 Å². The van der Waals surface area contributed by atoms with E-state index >= 15 is 0 Å². The Labute approximate surface area is 103 Å². The summed E-state index contributed by atoms with van der Waals surface area (Å²) in [5.74, 6) is 0. The quantitative estimate of drug-likeness (QED) is 0.850. The van der Waals surface area contributed by atoms with Crippen molar-refractivity contribution in [1.29, 1.82) is 0 Å². The second-order valence-corrected chi connectivity index (χ2v) is 4.54. The van der Waals surface area contributed by atoms with E-state index in [0.29, 0.717) is 6.54 Å². The number of rotatable bonds is 3. The maximum atomic E-state index is 5.59.